The molecule has 0 saturated heterocycles. The van der Waals surface area contributed by atoms with E-state index in [0.717, 1.165) is 0 Å². The van der Waals surface area contributed by atoms with Crippen LogP contribution < -0.4 is 5.32 Å². The van der Waals surface area contributed by atoms with E-state index in [4.69, 9.17) is 0 Å². The molecule has 0 saturated carbocycles. The fourth-order valence-electron chi connectivity index (χ4n) is 1.46. The molecule has 0 aliphatic carbocycles. The number of carboxylic acid groups (broad SMARTS) is 1. The van der Waals surface area contributed by atoms with Crippen molar-refractivity contribution in [2.75, 3.05) is 6.54 Å². The fourth-order valence-corrected chi connectivity index (χ4v) is 1.84. The molecule has 1 unspecified atom stereocenters. The topological polar surface area (TPSA) is 49.3 Å². The smallest absolute Gasteiger partial charge is 0.328 e. The van der Waals surface area contributed by atoms with Crippen molar-refractivity contribution >= 4 is 21.9 Å². The van der Waals surface area contributed by atoms with Crippen LogP contribution in [0.25, 0.3) is 0 Å². The molecule has 0 aliphatic heterocycles. The van der Waals surface area contributed by atoms with Crippen LogP contribution in [0.1, 0.15) is 19.4 Å². The van der Waals surface area contributed by atoms with E-state index in [1.165, 1.54) is 18.2 Å². The van der Waals surface area contributed by atoms with Crippen molar-refractivity contribution in [3.63, 3.8) is 0 Å². The van der Waals surface area contributed by atoms with E-state index in [9.17, 15) is 14.3 Å². The van der Waals surface area contributed by atoms with Gasteiger partial charge in [-0.25, -0.2) is 9.18 Å². The van der Waals surface area contributed by atoms with E-state index in [0.29, 0.717) is 12.1 Å². The number of aliphatic carboxylic acids is 1. The summed E-state index contributed by atoms with van der Waals surface area (Å²) in [5, 5.41) is 12.1. The summed E-state index contributed by atoms with van der Waals surface area (Å²) in [7, 11) is 0. The standard InChI is InChI=1S/C11H13BrFNO2/c1-3-14-11(2,10(15)16)7-4-5-9(13)8(12)6-7/h4-6,14H,3H2,1-2H3,(H,15,16). The number of nitrogens with one attached hydrogen (secondary N) is 1. The quantitative estimate of drug-likeness (QED) is 0.895. The molecule has 0 aliphatic rings. The average molecular weight is 290 g/mol. The minimum atomic E-state index is -1.20. The summed E-state index contributed by atoms with van der Waals surface area (Å²) in [6.07, 6.45) is 0. The summed E-state index contributed by atoms with van der Waals surface area (Å²) < 4.78 is 13.3. The number of rotatable bonds is 4. The molecule has 1 aromatic rings. The Morgan fingerprint density at radius 2 is 2.25 bits per heavy atom. The summed E-state index contributed by atoms with van der Waals surface area (Å²) in [5.74, 6) is -1.40. The first-order valence-electron chi connectivity index (χ1n) is 4.85. The number of halogens is 2. The van der Waals surface area contributed by atoms with Gasteiger partial charge in [0.1, 0.15) is 11.4 Å². The van der Waals surface area contributed by atoms with Crippen LogP contribution in [-0.2, 0) is 10.3 Å². The first-order valence-corrected chi connectivity index (χ1v) is 5.65. The first-order chi connectivity index (χ1) is 7.41. The van der Waals surface area contributed by atoms with Crippen molar-refractivity contribution in [1.29, 1.82) is 0 Å². The van der Waals surface area contributed by atoms with Crippen molar-refractivity contribution in [3.8, 4) is 0 Å². The average Bonchev–Trinajstić information content (AvgIpc) is 2.22. The maximum absolute atomic E-state index is 13.1. The molecule has 5 heteroatoms. The highest BCUT2D eigenvalue weighted by Crippen LogP contribution is 2.26. The van der Waals surface area contributed by atoms with E-state index in [-0.39, 0.29) is 4.47 Å². The second-order valence-corrected chi connectivity index (χ2v) is 4.44. The van der Waals surface area contributed by atoms with Crippen LogP contribution in [0.4, 0.5) is 4.39 Å². The van der Waals surface area contributed by atoms with Gasteiger partial charge in [-0.3, -0.25) is 5.32 Å². The molecule has 0 bridgehead atoms. The zero-order chi connectivity index (χ0) is 12.3. The highest BCUT2D eigenvalue weighted by Gasteiger charge is 2.34. The third-order valence-corrected chi connectivity index (χ3v) is 3.06. The van der Waals surface area contributed by atoms with E-state index < -0.39 is 17.3 Å². The Morgan fingerprint density at radius 1 is 1.62 bits per heavy atom. The van der Waals surface area contributed by atoms with Gasteiger partial charge in [0.05, 0.1) is 4.47 Å². The highest BCUT2D eigenvalue weighted by molar-refractivity contribution is 9.10. The SMILES string of the molecule is CCNC(C)(C(=O)O)c1ccc(F)c(Br)c1. The van der Waals surface area contributed by atoms with Gasteiger partial charge in [-0.1, -0.05) is 13.0 Å². The van der Waals surface area contributed by atoms with Gasteiger partial charge < -0.3 is 5.11 Å². The molecule has 0 spiro atoms. The monoisotopic (exact) mass is 289 g/mol. The van der Waals surface area contributed by atoms with Crippen LogP contribution in [-0.4, -0.2) is 17.6 Å². The fraction of sp³-hybridized carbons (Fsp3) is 0.364. The summed E-state index contributed by atoms with van der Waals surface area (Å²) in [4.78, 5) is 11.2. The Balaban J connectivity index is 3.21. The highest BCUT2D eigenvalue weighted by atomic mass is 79.9. The number of hydrogen-bond donors (Lipinski definition) is 2. The third-order valence-electron chi connectivity index (χ3n) is 2.46. The molecular formula is C11H13BrFNO2. The molecule has 0 fully saturated rings. The lowest BCUT2D eigenvalue weighted by Crippen LogP contribution is -2.46. The van der Waals surface area contributed by atoms with Gasteiger partial charge in [0.25, 0.3) is 0 Å². The van der Waals surface area contributed by atoms with E-state index in [1.54, 1.807) is 6.92 Å². The zero-order valence-electron chi connectivity index (χ0n) is 9.05. The van der Waals surface area contributed by atoms with E-state index in [2.05, 4.69) is 21.2 Å². The largest absolute Gasteiger partial charge is 0.480 e. The van der Waals surface area contributed by atoms with Gasteiger partial charge in [0.2, 0.25) is 0 Å². The Kier molecular flexibility index (Phi) is 4.04. The Hall–Kier alpha value is -0.940. The minimum absolute atomic E-state index is 0.260. The Bertz CT molecular complexity index is 411. The van der Waals surface area contributed by atoms with Crippen molar-refractivity contribution in [2.45, 2.75) is 19.4 Å². The van der Waals surface area contributed by atoms with Gasteiger partial charge in [0, 0.05) is 0 Å². The van der Waals surface area contributed by atoms with Crippen LogP contribution in [0.3, 0.4) is 0 Å². The molecule has 88 valence electrons. The summed E-state index contributed by atoms with van der Waals surface area (Å²) >= 11 is 3.04. The maximum atomic E-state index is 13.1. The number of likely N-dealkylation sites (N-methyl/N-ethyl adjacent to an activating group) is 1. The lowest BCUT2D eigenvalue weighted by Gasteiger charge is -2.26. The molecular weight excluding hydrogens is 277 g/mol. The molecule has 16 heavy (non-hydrogen) atoms. The van der Waals surface area contributed by atoms with Gasteiger partial charge >= 0.3 is 5.97 Å². The van der Waals surface area contributed by atoms with Crippen LogP contribution in [0.2, 0.25) is 0 Å². The molecule has 1 atom stereocenters. The van der Waals surface area contributed by atoms with Crippen molar-refractivity contribution in [2.24, 2.45) is 0 Å². The number of carboxylic acids is 1. The molecule has 0 heterocycles. The Morgan fingerprint density at radius 3 is 2.69 bits per heavy atom. The predicted molar refractivity (Wildman–Crippen MR) is 62.8 cm³/mol. The van der Waals surface area contributed by atoms with Crippen LogP contribution >= 0.6 is 15.9 Å². The van der Waals surface area contributed by atoms with Gasteiger partial charge in [0.15, 0.2) is 0 Å². The first kappa shape index (κ1) is 13.1. The second-order valence-electron chi connectivity index (χ2n) is 3.59. The summed E-state index contributed by atoms with van der Waals surface area (Å²) in [5.41, 5.74) is -0.694. The summed E-state index contributed by atoms with van der Waals surface area (Å²) in [6.45, 7) is 3.88. The van der Waals surface area contributed by atoms with Gasteiger partial charge in [-0.2, -0.15) is 0 Å². The number of hydrogen-bond acceptors (Lipinski definition) is 2. The van der Waals surface area contributed by atoms with Crippen molar-refractivity contribution < 1.29 is 14.3 Å². The van der Waals surface area contributed by atoms with Crippen molar-refractivity contribution in [1.82, 2.24) is 5.32 Å². The second kappa shape index (κ2) is 4.93. The molecule has 0 radical (unpaired) electrons. The zero-order valence-corrected chi connectivity index (χ0v) is 10.6. The van der Waals surface area contributed by atoms with E-state index >= 15 is 0 Å². The van der Waals surface area contributed by atoms with Gasteiger partial charge in [-0.15, -0.1) is 0 Å². The van der Waals surface area contributed by atoms with Crippen LogP contribution in [0, 0.1) is 5.82 Å². The van der Waals surface area contributed by atoms with Crippen molar-refractivity contribution in [3.05, 3.63) is 34.1 Å². The third kappa shape index (κ3) is 2.41. The molecule has 1 aromatic carbocycles. The Labute approximate surface area is 102 Å². The summed E-state index contributed by atoms with van der Waals surface area (Å²) in [6, 6.07) is 4.20. The van der Waals surface area contributed by atoms with Crippen LogP contribution in [0.5, 0.6) is 0 Å². The molecule has 2 N–H and O–H groups in total. The maximum Gasteiger partial charge on any atom is 0.328 e. The minimum Gasteiger partial charge on any atom is -0.480 e. The normalized spacial score (nSPS) is 14.5. The predicted octanol–water partition coefficient (Wildman–Crippen LogP) is 2.50. The molecule has 0 amide bonds. The molecule has 3 nitrogen and oxygen atoms in total. The lowest BCUT2D eigenvalue weighted by atomic mass is 9.92. The number of benzene rings is 1. The molecule has 0 aromatic heterocycles. The lowest BCUT2D eigenvalue weighted by molar-refractivity contribution is -0.144. The number of carbonyl (C=O) groups is 1. The van der Waals surface area contributed by atoms with Gasteiger partial charge in [-0.05, 0) is 47.1 Å². The molecule has 1 rings (SSSR count). The van der Waals surface area contributed by atoms with E-state index in [1.807, 2.05) is 6.92 Å². The van der Waals surface area contributed by atoms with Crippen LogP contribution in [0.15, 0.2) is 22.7 Å².